The SMILES string of the molecule is CC(=O)O[C@H](c1nc2ccccc2c(=O)n1[C@H]1C[C@@]2(OC1=O)c1ccccc1N1C(=O)C(C)N(O)[C@@H]12)C(C)C. The number of carbonyl (C=O) groups excluding carboxylic acids is 3. The van der Waals surface area contributed by atoms with Gasteiger partial charge in [0.2, 0.25) is 5.91 Å². The quantitative estimate of drug-likeness (QED) is 0.504. The van der Waals surface area contributed by atoms with Crippen LogP contribution < -0.4 is 10.5 Å². The highest BCUT2D eigenvalue weighted by Crippen LogP contribution is 2.57. The molecule has 3 aliphatic rings. The molecule has 0 saturated carbocycles. The van der Waals surface area contributed by atoms with Crippen molar-refractivity contribution in [3.05, 3.63) is 70.3 Å². The monoisotopic (exact) mass is 532 g/mol. The molecular weight excluding hydrogens is 504 g/mol. The first-order chi connectivity index (χ1) is 18.6. The molecule has 2 aromatic carbocycles. The smallest absolute Gasteiger partial charge is 0.330 e. The van der Waals surface area contributed by atoms with E-state index in [1.165, 1.54) is 16.4 Å². The van der Waals surface area contributed by atoms with Gasteiger partial charge in [0, 0.05) is 18.9 Å². The minimum Gasteiger partial charge on any atom is -0.454 e. The van der Waals surface area contributed by atoms with E-state index in [9.17, 15) is 24.4 Å². The Kier molecular flexibility index (Phi) is 5.63. The van der Waals surface area contributed by atoms with E-state index in [0.717, 1.165) is 5.06 Å². The highest BCUT2D eigenvalue weighted by molar-refractivity contribution is 6.02. The lowest BCUT2D eigenvalue weighted by Crippen LogP contribution is -2.50. The van der Waals surface area contributed by atoms with Gasteiger partial charge in [0.25, 0.3) is 5.56 Å². The van der Waals surface area contributed by atoms with Crippen molar-refractivity contribution < 1.29 is 29.1 Å². The lowest BCUT2D eigenvalue weighted by atomic mass is 9.88. The van der Waals surface area contributed by atoms with Crippen LogP contribution in [0, 0.1) is 5.92 Å². The summed E-state index contributed by atoms with van der Waals surface area (Å²) in [5, 5.41) is 12.2. The van der Waals surface area contributed by atoms with Gasteiger partial charge >= 0.3 is 11.9 Å². The molecule has 11 heteroatoms. The second-order valence-electron chi connectivity index (χ2n) is 10.6. The summed E-state index contributed by atoms with van der Waals surface area (Å²) in [5.41, 5.74) is -0.415. The van der Waals surface area contributed by atoms with E-state index >= 15 is 0 Å². The van der Waals surface area contributed by atoms with Crippen LogP contribution in [0.5, 0.6) is 0 Å². The molecule has 39 heavy (non-hydrogen) atoms. The van der Waals surface area contributed by atoms with Crippen molar-refractivity contribution in [3.8, 4) is 0 Å². The zero-order valence-corrected chi connectivity index (χ0v) is 21.9. The summed E-state index contributed by atoms with van der Waals surface area (Å²) in [5.74, 6) is -1.74. The van der Waals surface area contributed by atoms with Crippen LogP contribution in [0.3, 0.4) is 0 Å². The fourth-order valence-electron chi connectivity index (χ4n) is 6.13. The minimum absolute atomic E-state index is 0.0567. The van der Waals surface area contributed by atoms with Gasteiger partial charge in [-0.3, -0.25) is 23.9 Å². The Balaban J connectivity index is 1.56. The van der Waals surface area contributed by atoms with Crippen molar-refractivity contribution in [1.82, 2.24) is 14.6 Å². The topological polar surface area (TPSA) is 131 Å². The van der Waals surface area contributed by atoms with E-state index in [0.29, 0.717) is 22.2 Å². The van der Waals surface area contributed by atoms with E-state index in [1.54, 1.807) is 55.5 Å². The molecule has 6 rings (SSSR count). The molecule has 0 radical (unpaired) electrons. The molecule has 3 aliphatic heterocycles. The van der Waals surface area contributed by atoms with Gasteiger partial charge in [-0.15, -0.1) is 0 Å². The van der Waals surface area contributed by atoms with Crippen LogP contribution in [-0.2, 0) is 29.5 Å². The summed E-state index contributed by atoms with van der Waals surface area (Å²) < 4.78 is 13.0. The molecule has 3 aromatic rings. The maximum absolute atomic E-state index is 14.0. The Morgan fingerprint density at radius 2 is 1.82 bits per heavy atom. The zero-order chi connectivity index (χ0) is 27.8. The van der Waals surface area contributed by atoms with Crippen LogP contribution in [0.1, 0.15) is 57.6 Å². The van der Waals surface area contributed by atoms with Crippen molar-refractivity contribution in [2.75, 3.05) is 4.90 Å². The third-order valence-corrected chi connectivity index (χ3v) is 7.87. The number of fused-ring (bicyclic) bond motifs is 6. The summed E-state index contributed by atoms with van der Waals surface area (Å²) in [6, 6.07) is 11.8. The molecule has 1 amide bonds. The predicted molar refractivity (Wildman–Crippen MR) is 138 cm³/mol. The number of para-hydroxylation sites is 2. The number of ether oxygens (including phenoxy) is 2. The summed E-state index contributed by atoms with van der Waals surface area (Å²) >= 11 is 0. The van der Waals surface area contributed by atoms with Gasteiger partial charge in [0.05, 0.1) is 16.6 Å². The van der Waals surface area contributed by atoms with E-state index in [1.807, 2.05) is 13.8 Å². The number of rotatable bonds is 4. The molecule has 2 saturated heterocycles. The molecule has 0 aliphatic carbocycles. The van der Waals surface area contributed by atoms with Crippen LogP contribution in [0.15, 0.2) is 53.3 Å². The maximum atomic E-state index is 14.0. The van der Waals surface area contributed by atoms with Crippen LogP contribution in [0.25, 0.3) is 10.9 Å². The van der Waals surface area contributed by atoms with Crippen LogP contribution in [0.2, 0.25) is 0 Å². The van der Waals surface area contributed by atoms with E-state index in [4.69, 9.17) is 14.5 Å². The Bertz CT molecular complexity index is 1600. The average molecular weight is 533 g/mol. The number of carbonyl (C=O) groups is 3. The fraction of sp³-hybridized carbons (Fsp3) is 0.393. The first kappa shape index (κ1) is 25.2. The van der Waals surface area contributed by atoms with Gasteiger partial charge < -0.3 is 14.7 Å². The van der Waals surface area contributed by atoms with E-state index < -0.39 is 47.5 Å². The van der Waals surface area contributed by atoms with Gasteiger partial charge in [0.15, 0.2) is 23.7 Å². The molecule has 0 bridgehead atoms. The predicted octanol–water partition coefficient (Wildman–Crippen LogP) is 2.81. The standard InChI is InChI=1S/C28H28N4O7/c1-14(2)22(38-16(4)33)23-29-19-11-7-5-9-17(19)25(35)30(23)21-13-28(39-26(21)36)18-10-6-8-12-20(18)31-24(34)15(3)32(37)27(28)31/h5-12,14-15,21-22,27,37H,13H2,1-4H3/t15?,21-,22-,27+,28+/m0/s1. The molecule has 1 N–H and O–H groups in total. The van der Waals surface area contributed by atoms with Crippen molar-refractivity contribution >= 4 is 34.4 Å². The van der Waals surface area contributed by atoms with E-state index in [2.05, 4.69) is 0 Å². The molecule has 1 aromatic heterocycles. The van der Waals surface area contributed by atoms with Gasteiger partial charge in [-0.25, -0.2) is 9.78 Å². The summed E-state index contributed by atoms with van der Waals surface area (Å²) in [6.07, 6.45) is -1.98. The molecule has 5 atom stereocenters. The Morgan fingerprint density at radius 3 is 2.54 bits per heavy atom. The molecule has 2 fully saturated rings. The first-order valence-corrected chi connectivity index (χ1v) is 12.9. The molecule has 1 unspecified atom stereocenters. The zero-order valence-electron chi connectivity index (χ0n) is 21.9. The van der Waals surface area contributed by atoms with Gasteiger partial charge in [-0.05, 0) is 31.0 Å². The molecular formula is C28H28N4O7. The Morgan fingerprint density at radius 1 is 1.13 bits per heavy atom. The van der Waals surface area contributed by atoms with E-state index in [-0.39, 0.29) is 24.1 Å². The Hall–Kier alpha value is -4.09. The first-order valence-electron chi connectivity index (χ1n) is 12.9. The molecule has 1 spiro atoms. The number of anilines is 1. The summed E-state index contributed by atoms with van der Waals surface area (Å²) in [4.78, 5) is 59.1. The third-order valence-electron chi connectivity index (χ3n) is 7.87. The normalized spacial score (nSPS) is 26.8. The van der Waals surface area contributed by atoms with Crippen LogP contribution in [0.4, 0.5) is 5.69 Å². The highest BCUT2D eigenvalue weighted by atomic mass is 16.6. The van der Waals surface area contributed by atoms with Gasteiger partial charge in [-0.2, -0.15) is 5.06 Å². The fourth-order valence-corrected chi connectivity index (χ4v) is 6.13. The average Bonchev–Trinajstić information content (AvgIpc) is 3.47. The lowest BCUT2D eigenvalue weighted by molar-refractivity contribution is -0.190. The molecule has 202 valence electrons. The molecule has 4 heterocycles. The van der Waals surface area contributed by atoms with Crippen molar-refractivity contribution in [3.63, 3.8) is 0 Å². The van der Waals surface area contributed by atoms with Crippen LogP contribution in [-0.4, -0.2) is 49.9 Å². The summed E-state index contributed by atoms with van der Waals surface area (Å²) in [6.45, 7) is 6.51. The van der Waals surface area contributed by atoms with Gasteiger partial charge in [0.1, 0.15) is 12.1 Å². The molecule has 11 nitrogen and oxygen atoms in total. The second-order valence-corrected chi connectivity index (χ2v) is 10.6. The van der Waals surface area contributed by atoms with Crippen molar-refractivity contribution in [2.45, 2.75) is 64.1 Å². The second kappa shape index (κ2) is 8.72. The van der Waals surface area contributed by atoms with Gasteiger partial charge in [-0.1, -0.05) is 44.2 Å². The number of hydroxylamine groups is 2. The Labute approximate surface area is 223 Å². The number of aromatic nitrogens is 2. The number of hydrogen-bond acceptors (Lipinski definition) is 9. The largest absolute Gasteiger partial charge is 0.454 e. The maximum Gasteiger partial charge on any atom is 0.330 e. The van der Waals surface area contributed by atoms with Crippen molar-refractivity contribution in [2.24, 2.45) is 5.92 Å². The summed E-state index contributed by atoms with van der Waals surface area (Å²) in [7, 11) is 0. The number of esters is 2. The lowest BCUT2D eigenvalue weighted by Gasteiger charge is -2.33. The van der Waals surface area contributed by atoms with Crippen molar-refractivity contribution in [1.29, 1.82) is 0 Å². The minimum atomic E-state index is -1.44. The third kappa shape index (κ3) is 3.46. The highest BCUT2D eigenvalue weighted by Gasteiger charge is 2.67. The number of benzene rings is 2. The number of amides is 1. The number of hydrogen-bond donors (Lipinski definition) is 1. The van der Waals surface area contributed by atoms with Crippen LogP contribution >= 0.6 is 0 Å². The number of nitrogens with zero attached hydrogens (tertiary/aromatic N) is 4.